The summed E-state index contributed by atoms with van der Waals surface area (Å²) in [5, 5.41) is 19.8. The van der Waals surface area contributed by atoms with Gasteiger partial charge in [-0.05, 0) is 24.3 Å². The number of phenolic OH excluding ortho intramolecular Hbond substituents is 1. The highest BCUT2D eigenvalue weighted by Crippen LogP contribution is 2.13. The van der Waals surface area contributed by atoms with Crippen molar-refractivity contribution in [2.24, 2.45) is 0 Å². The fraction of sp³-hybridized carbons (Fsp3) is 0.200. The number of aromatic hydroxyl groups is 1. The van der Waals surface area contributed by atoms with Crippen molar-refractivity contribution in [3.63, 3.8) is 0 Å². The number of amides is 1. The number of anilines is 1. The number of rotatable bonds is 4. The number of carbonyl (C=O) groups is 2. The highest BCUT2D eigenvalue weighted by atomic mass is 16.4. The number of nitrogens with one attached hydrogen (secondary N) is 1. The fourth-order valence-corrected chi connectivity index (χ4v) is 0.989. The Balaban J connectivity index is 2.44. The van der Waals surface area contributed by atoms with E-state index in [1.54, 1.807) is 0 Å². The summed E-state index contributed by atoms with van der Waals surface area (Å²) >= 11 is 0. The summed E-state index contributed by atoms with van der Waals surface area (Å²) in [4.78, 5) is 21.4. The molecule has 0 atom stereocenters. The van der Waals surface area contributed by atoms with E-state index in [-0.39, 0.29) is 24.5 Å². The molecule has 3 N–H and O–H groups in total. The number of carboxylic acids is 1. The van der Waals surface area contributed by atoms with Crippen LogP contribution >= 0.6 is 0 Å². The average molecular weight is 209 g/mol. The first-order valence-corrected chi connectivity index (χ1v) is 4.38. The summed E-state index contributed by atoms with van der Waals surface area (Å²) in [5.74, 6) is -1.25. The predicted molar refractivity (Wildman–Crippen MR) is 53.6 cm³/mol. The smallest absolute Gasteiger partial charge is 0.303 e. The molecule has 0 aromatic heterocycles. The highest BCUT2D eigenvalue weighted by molar-refractivity contribution is 5.92. The van der Waals surface area contributed by atoms with Gasteiger partial charge in [0.1, 0.15) is 5.75 Å². The maximum Gasteiger partial charge on any atom is 0.303 e. The van der Waals surface area contributed by atoms with Crippen LogP contribution in [0.2, 0.25) is 0 Å². The van der Waals surface area contributed by atoms with Crippen LogP contribution in [-0.4, -0.2) is 22.1 Å². The molecule has 0 heterocycles. The zero-order valence-corrected chi connectivity index (χ0v) is 7.93. The largest absolute Gasteiger partial charge is 0.508 e. The zero-order valence-electron chi connectivity index (χ0n) is 7.93. The van der Waals surface area contributed by atoms with E-state index in [4.69, 9.17) is 10.2 Å². The summed E-state index contributed by atoms with van der Waals surface area (Å²) in [6.45, 7) is 0. The van der Waals surface area contributed by atoms with Gasteiger partial charge in [-0.15, -0.1) is 0 Å². The predicted octanol–water partition coefficient (Wildman–Crippen LogP) is 1.20. The monoisotopic (exact) mass is 209 g/mol. The summed E-state index contributed by atoms with van der Waals surface area (Å²) < 4.78 is 0. The van der Waals surface area contributed by atoms with Crippen LogP contribution in [0.5, 0.6) is 5.75 Å². The van der Waals surface area contributed by atoms with Crippen molar-refractivity contribution in [3.05, 3.63) is 24.3 Å². The van der Waals surface area contributed by atoms with Crippen LogP contribution in [0.4, 0.5) is 5.69 Å². The fourth-order valence-electron chi connectivity index (χ4n) is 0.989. The van der Waals surface area contributed by atoms with Crippen LogP contribution in [0, 0.1) is 0 Å². The number of hydrogen-bond donors (Lipinski definition) is 3. The van der Waals surface area contributed by atoms with E-state index in [0.717, 1.165) is 0 Å². The van der Waals surface area contributed by atoms with Crippen LogP contribution in [-0.2, 0) is 9.59 Å². The lowest BCUT2D eigenvalue weighted by molar-refractivity contribution is -0.138. The number of carbonyl (C=O) groups excluding carboxylic acids is 1. The van der Waals surface area contributed by atoms with Gasteiger partial charge >= 0.3 is 5.97 Å². The highest BCUT2D eigenvalue weighted by Gasteiger charge is 2.05. The van der Waals surface area contributed by atoms with E-state index in [9.17, 15) is 9.59 Å². The molecular weight excluding hydrogens is 198 g/mol. The third kappa shape index (κ3) is 4.12. The van der Waals surface area contributed by atoms with Gasteiger partial charge in [0.05, 0.1) is 6.42 Å². The maximum absolute atomic E-state index is 11.2. The van der Waals surface area contributed by atoms with Gasteiger partial charge in [0.2, 0.25) is 5.91 Å². The van der Waals surface area contributed by atoms with Crippen LogP contribution in [0.15, 0.2) is 24.3 Å². The second-order valence-electron chi connectivity index (χ2n) is 2.99. The average Bonchev–Trinajstić information content (AvgIpc) is 2.19. The SMILES string of the molecule is O=C(O)CCC(=O)Nc1ccc(O)cc1. The number of aliphatic carboxylic acids is 1. The van der Waals surface area contributed by atoms with Gasteiger partial charge in [0.25, 0.3) is 0 Å². The first-order chi connectivity index (χ1) is 7.08. The molecular formula is C10H11NO4. The van der Waals surface area contributed by atoms with E-state index in [1.807, 2.05) is 0 Å². The van der Waals surface area contributed by atoms with Gasteiger partial charge in [-0.2, -0.15) is 0 Å². The first kappa shape index (κ1) is 11.0. The molecule has 1 aromatic carbocycles. The molecule has 0 radical (unpaired) electrons. The molecule has 0 aliphatic rings. The van der Waals surface area contributed by atoms with Crippen LogP contribution < -0.4 is 5.32 Å². The van der Waals surface area contributed by atoms with Crippen molar-refractivity contribution in [2.45, 2.75) is 12.8 Å². The summed E-state index contributed by atoms with van der Waals surface area (Å²) in [6, 6.07) is 5.95. The molecule has 1 amide bonds. The molecule has 80 valence electrons. The number of benzene rings is 1. The Labute approximate surface area is 86.4 Å². The van der Waals surface area contributed by atoms with Gasteiger partial charge < -0.3 is 15.5 Å². The third-order valence-electron chi connectivity index (χ3n) is 1.72. The second kappa shape index (κ2) is 4.99. The van der Waals surface area contributed by atoms with Crippen LogP contribution in [0.3, 0.4) is 0 Å². The lowest BCUT2D eigenvalue weighted by Crippen LogP contribution is -2.12. The van der Waals surface area contributed by atoms with E-state index in [0.29, 0.717) is 5.69 Å². The minimum absolute atomic E-state index is 0.0593. The van der Waals surface area contributed by atoms with Gasteiger partial charge in [-0.1, -0.05) is 0 Å². The van der Waals surface area contributed by atoms with Crippen molar-refractivity contribution >= 4 is 17.6 Å². The Morgan fingerprint density at radius 2 is 1.73 bits per heavy atom. The molecule has 0 unspecified atom stereocenters. The van der Waals surface area contributed by atoms with E-state index in [1.165, 1.54) is 24.3 Å². The van der Waals surface area contributed by atoms with Crippen molar-refractivity contribution in [1.29, 1.82) is 0 Å². The zero-order chi connectivity index (χ0) is 11.3. The lowest BCUT2D eigenvalue weighted by atomic mass is 10.2. The van der Waals surface area contributed by atoms with Crippen molar-refractivity contribution < 1.29 is 19.8 Å². The molecule has 15 heavy (non-hydrogen) atoms. The molecule has 0 saturated carbocycles. The lowest BCUT2D eigenvalue weighted by Gasteiger charge is -2.03. The van der Waals surface area contributed by atoms with E-state index < -0.39 is 5.97 Å². The molecule has 0 aliphatic heterocycles. The summed E-state index contributed by atoms with van der Waals surface area (Å²) in [7, 11) is 0. The minimum atomic E-state index is -1.00. The molecule has 1 aromatic rings. The van der Waals surface area contributed by atoms with E-state index >= 15 is 0 Å². The Bertz CT molecular complexity index is 358. The van der Waals surface area contributed by atoms with Gasteiger partial charge in [0, 0.05) is 12.1 Å². The van der Waals surface area contributed by atoms with Gasteiger partial charge in [-0.25, -0.2) is 0 Å². The second-order valence-corrected chi connectivity index (χ2v) is 2.99. The molecule has 0 saturated heterocycles. The molecule has 5 heteroatoms. The molecule has 1 rings (SSSR count). The Hall–Kier alpha value is -2.04. The Kier molecular flexibility index (Phi) is 3.68. The standard InChI is InChI=1S/C10H11NO4/c12-8-3-1-7(2-4-8)11-9(13)5-6-10(14)15/h1-4,12H,5-6H2,(H,11,13)(H,14,15). The molecule has 0 fully saturated rings. The van der Waals surface area contributed by atoms with E-state index in [2.05, 4.69) is 5.32 Å². The molecule has 0 bridgehead atoms. The van der Waals surface area contributed by atoms with Crippen LogP contribution in [0.1, 0.15) is 12.8 Å². The topological polar surface area (TPSA) is 86.6 Å². The summed E-state index contributed by atoms with van der Waals surface area (Å²) in [6.07, 6.45) is -0.250. The Morgan fingerprint density at radius 1 is 1.13 bits per heavy atom. The minimum Gasteiger partial charge on any atom is -0.508 e. The molecule has 5 nitrogen and oxygen atoms in total. The number of hydrogen-bond acceptors (Lipinski definition) is 3. The number of carboxylic acid groups (broad SMARTS) is 1. The summed E-state index contributed by atoms with van der Waals surface area (Å²) in [5.41, 5.74) is 0.531. The van der Waals surface area contributed by atoms with Crippen molar-refractivity contribution in [1.82, 2.24) is 0 Å². The van der Waals surface area contributed by atoms with Gasteiger partial charge in [-0.3, -0.25) is 9.59 Å². The number of phenols is 1. The third-order valence-corrected chi connectivity index (χ3v) is 1.72. The maximum atomic E-state index is 11.2. The molecule has 0 spiro atoms. The quantitative estimate of drug-likeness (QED) is 0.650. The first-order valence-electron chi connectivity index (χ1n) is 4.38. The van der Waals surface area contributed by atoms with Crippen molar-refractivity contribution in [2.75, 3.05) is 5.32 Å². The Morgan fingerprint density at radius 3 is 2.27 bits per heavy atom. The van der Waals surface area contributed by atoms with Gasteiger partial charge in [0.15, 0.2) is 0 Å². The molecule has 0 aliphatic carbocycles. The normalized spacial score (nSPS) is 9.60. The van der Waals surface area contributed by atoms with Crippen molar-refractivity contribution in [3.8, 4) is 5.75 Å². The van der Waals surface area contributed by atoms with Crippen LogP contribution in [0.25, 0.3) is 0 Å².